The summed E-state index contributed by atoms with van der Waals surface area (Å²) in [5.41, 5.74) is -3.64. The van der Waals surface area contributed by atoms with Crippen molar-refractivity contribution in [3.8, 4) is 5.75 Å². The molecule has 7 nitrogen and oxygen atoms in total. The lowest BCUT2D eigenvalue weighted by atomic mass is 9.99. The Bertz CT molecular complexity index is 999. The smallest absolute Gasteiger partial charge is 0.492 e. The van der Waals surface area contributed by atoms with Gasteiger partial charge in [-0.15, -0.1) is 5.10 Å². The molecule has 1 aliphatic carbocycles. The molecule has 2 fully saturated rings. The Balaban J connectivity index is 1.36. The lowest BCUT2D eigenvalue weighted by Crippen LogP contribution is -2.45. The average Bonchev–Trinajstić information content (AvgIpc) is 3.39. The Labute approximate surface area is 174 Å². The zero-order valence-electron chi connectivity index (χ0n) is 15.4. The first-order valence-electron chi connectivity index (χ1n) is 9.37. The highest BCUT2D eigenvalue weighted by molar-refractivity contribution is 9.10. The topological polar surface area (TPSA) is 77.3 Å². The lowest BCUT2D eigenvalue weighted by molar-refractivity contribution is -0.0498. The Kier molecular flexibility index (Phi) is 5.53. The lowest BCUT2D eigenvalue weighted by Gasteiger charge is -2.31. The van der Waals surface area contributed by atoms with Gasteiger partial charge in [0.15, 0.2) is 0 Å². The number of aromatic nitrogens is 3. The van der Waals surface area contributed by atoms with E-state index >= 15 is 0 Å². The summed E-state index contributed by atoms with van der Waals surface area (Å²) in [5.74, 6) is 1.23. The van der Waals surface area contributed by atoms with Crippen LogP contribution < -0.4 is 4.74 Å². The normalized spacial score (nSPS) is 19.7. The van der Waals surface area contributed by atoms with Gasteiger partial charge in [-0.05, 0) is 65.6 Å². The van der Waals surface area contributed by atoms with Crippen molar-refractivity contribution in [2.75, 3.05) is 19.7 Å². The molecule has 2 aliphatic rings. The number of rotatable bonds is 6. The fourth-order valence-electron chi connectivity index (χ4n) is 3.45. The van der Waals surface area contributed by atoms with Crippen LogP contribution in [0.2, 0.25) is 0 Å². The van der Waals surface area contributed by atoms with Crippen molar-refractivity contribution in [3.63, 3.8) is 0 Å². The molecule has 0 bridgehead atoms. The van der Waals surface area contributed by atoms with E-state index in [-0.39, 0.29) is 19.0 Å². The molecule has 29 heavy (non-hydrogen) atoms. The molecule has 0 amide bonds. The van der Waals surface area contributed by atoms with Crippen molar-refractivity contribution >= 4 is 37.0 Å². The summed E-state index contributed by atoms with van der Waals surface area (Å²) >= 11 is 3.51. The molecule has 1 saturated heterocycles. The molecule has 1 aliphatic heterocycles. The van der Waals surface area contributed by atoms with Gasteiger partial charge in [-0.25, -0.2) is 13.1 Å². The van der Waals surface area contributed by atoms with Gasteiger partial charge < -0.3 is 4.74 Å². The van der Waals surface area contributed by atoms with Gasteiger partial charge in [0, 0.05) is 19.6 Å². The van der Waals surface area contributed by atoms with Gasteiger partial charge in [-0.2, -0.15) is 17.5 Å². The number of hydrogen-bond acceptors (Lipinski definition) is 5. The standard InChI is InChI=1S/C17H20BrF3N4O3S/c18-15-14(4-3-13-16(15)22-23-25(13)9-11-1-2-11)28-10-12-5-7-24(8-6-12)29(26,27)17(19,20)21/h3-4,11-12H,1-2,5-10H2. The minimum Gasteiger partial charge on any atom is -0.492 e. The predicted octanol–water partition coefficient (Wildman–Crippen LogP) is 3.54. The highest BCUT2D eigenvalue weighted by atomic mass is 79.9. The third-order valence-electron chi connectivity index (χ3n) is 5.40. The molecular formula is C17H20BrF3N4O3S. The van der Waals surface area contributed by atoms with E-state index in [9.17, 15) is 21.6 Å². The quantitative estimate of drug-likeness (QED) is 0.611. The number of halogens is 4. The first kappa shape index (κ1) is 20.9. The van der Waals surface area contributed by atoms with Gasteiger partial charge in [0.2, 0.25) is 0 Å². The molecule has 0 unspecified atom stereocenters. The molecular weight excluding hydrogens is 477 g/mol. The Morgan fingerprint density at radius 3 is 2.45 bits per heavy atom. The van der Waals surface area contributed by atoms with Gasteiger partial charge in [-0.1, -0.05) is 5.21 Å². The van der Waals surface area contributed by atoms with Crippen molar-refractivity contribution < 1.29 is 26.3 Å². The highest BCUT2D eigenvalue weighted by Gasteiger charge is 2.50. The molecule has 160 valence electrons. The Hall–Kier alpha value is -1.40. The summed E-state index contributed by atoms with van der Waals surface area (Å²) in [6.45, 7) is 0.819. The second kappa shape index (κ2) is 7.69. The summed E-state index contributed by atoms with van der Waals surface area (Å²) in [6.07, 6.45) is 3.05. The molecule has 4 rings (SSSR count). The van der Waals surface area contributed by atoms with Crippen LogP contribution >= 0.6 is 15.9 Å². The van der Waals surface area contributed by atoms with Crippen molar-refractivity contribution in [3.05, 3.63) is 16.6 Å². The van der Waals surface area contributed by atoms with Crippen molar-refractivity contribution in [2.24, 2.45) is 11.8 Å². The van der Waals surface area contributed by atoms with Crippen LogP contribution in [-0.4, -0.2) is 52.9 Å². The van der Waals surface area contributed by atoms with E-state index in [2.05, 4.69) is 26.2 Å². The van der Waals surface area contributed by atoms with E-state index in [1.54, 1.807) is 0 Å². The monoisotopic (exact) mass is 496 g/mol. The summed E-state index contributed by atoms with van der Waals surface area (Å²) in [5, 5.41) is 8.43. The molecule has 0 atom stereocenters. The first-order valence-corrected chi connectivity index (χ1v) is 11.6. The predicted molar refractivity (Wildman–Crippen MR) is 103 cm³/mol. The van der Waals surface area contributed by atoms with Crippen molar-refractivity contribution in [2.45, 2.75) is 37.7 Å². The average molecular weight is 497 g/mol. The second-order valence-electron chi connectivity index (χ2n) is 7.56. The maximum Gasteiger partial charge on any atom is 0.511 e. The number of sulfonamides is 1. The first-order chi connectivity index (χ1) is 13.7. The van der Waals surface area contributed by atoms with E-state index in [0.29, 0.717) is 45.4 Å². The zero-order valence-corrected chi connectivity index (χ0v) is 17.8. The van der Waals surface area contributed by atoms with Gasteiger partial charge in [0.1, 0.15) is 11.3 Å². The molecule has 12 heteroatoms. The van der Waals surface area contributed by atoms with Crippen LogP contribution in [-0.2, 0) is 16.6 Å². The maximum absolute atomic E-state index is 12.7. The van der Waals surface area contributed by atoms with Crippen LogP contribution in [0, 0.1) is 11.8 Å². The molecule has 0 spiro atoms. The van der Waals surface area contributed by atoms with Gasteiger partial charge >= 0.3 is 15.5 Å². The van der Waals surface area contributed by atoms with Crippen molar-refractivity contribution in [1.29, 1.82) is 0 Å². The second-order valence-corrected chi connectivity index (χ2v) is 10.3. The number of benzene rings is 1. The largest absolute Gasteiger partial charge is 0.511 e. The van der Waals surface area contributed by atoms with Crippen LogP contribution in [0.1, 0.15) is 25.7 Å². The summed E-state index contributed by atoms with van der Waals surface area (Å²) in [7, 11) is -5.26. The Morgan fingerprint density at radius 1 is 1.14 bits per heavy atom. The number of piperidine rings is 1. The number of alkyl halides is 3. The van der Waals surface area contributed by atoms with E-state index < -0.39 is 15.5 Å². The van der Waals surface area contributed by atoms with E-state index in [1.165, 1.54) is 12.8 Å². The number of nitrogens with zero attached hydrogens (tertiary/aromatic N) is 4. The molecule has 2 aromatic rings. The molecule has 2 heterocycles. The van der Waals surface area contributed by atoms with E-state index in [4.69, 9.17) is 4.74 Å². The van der Waals surface area contributed by atoms with E-state index in [1.807, 2.05) is 16.8 Å². The third kappa shape index (κ3) is 4.24. The van der Waals surface area contributed by atoms with Crippen LogP contribution in [0.5, 0.6) is 5.75 Å². The molecule has 0 N–H and O–H groups in total. The number of fused-ring (bicyclic) bond motifs is 1. The zero-order chi connectivity index (χ0) is 20.8. The fourth-order valence-corrected chi connectivity index (χ4v) is 4.96. The molecule has 1 aromatic heterocycles. The van der Waals surface area contributed by atoms with Crippen LogP contribution in [0.4, 0.5) is 13.2 Å². The highest BCUT2D eigenvalue weighted by Crippen LogP contribution is 2.36. The van der Waals surface area contributed by atoms with Crippen molar-refractivity contribution in [1.82, 2.24) is 19.3 Å². The van der Waals surface area contributed by atoms with Gasteiger partial charge in [0.05, 0.1) is 16.6 Å². The Morgan fingerprint density at radius 2 is 1.83 bits per heavy atom. The number of ether oxygens (including phenoxy) is 1. The SMILES string of the molecule is O=S(=O)(N1CCC(COc2ccc3c(nnn3CC3CC3)c2Br)CC1)C(F)(F)F. The minimum atomic E-state index is -5.26. The van der Waals surface area contributed by atoms with E-state index in [0.717, 1.165) is 12.1 Å². The maximum atomic E-state index is 12.7. The third-order valence-corrected chi connectivity index (χ3v) is 7.80. The van der Waals surface area contributed by atoms with Gasteiger partial charge in [0.25, 0.3) is 0 Å². The van der Waals surface area contributed by atoms with Crippen LogP contribution in [0.25, 0.3) is 11.0 Å². The molecule has 0 radical (unpaired) electrons. The van der Waals surface area contributed by atoms with Crippen LogP contribution in [0.3, 0.4) is 0 Å². The molecule has 1 aromatic carbocycles. The van der Waals surface area contributed by atoms with Crippen LogP contribution in [0.15, 0.2) is 16.6 Å². The molecule has 1 saturated carbocycles. The summed E-state index contributed by atoms with van der Waals surface area (Å²) in [6, 6.07) is 3.72. The fraction of sp³-hybridized carbons (Fsp3) is 0.647. The number of hydrogen-bond donors (Lipinski definition) is 0. The minimum absolute atomic E-state index is 0.0252. The summed E-state index contributed by atoms with van der Waals surface area (Å²) in [4.78, 5) is 0. The summed E-state index contributed by atoms with van der Waals surface area (Å²) < 4.78 is 69.9. The van der Waals surface area contributed by atoms with Gasteiger partial charge in [-0.3, -0.25) is 0 Å².